The Morgan fingerprint density at radius 1 is 1.39 bits per heavy atom. The number of ether oxygens (including phenoxy) is 2. The zero-order valence-corrected chi connectivity index (χ0v) is 10.3. The van der Waals surface area contributed by atoms with Gasteiger partial charge in [0, 0.05) is 13.1 Å². The van der Waals surface area contributed by atoms with Crippen LogP contribution in [-0.2, 0) is 14.3 Å². The number of carboxylic acid groups (broad SMARTS) is 1. The molecule has 1 saturated heterocycles. The number of hydrogen-bond donors (Lipinski definition) is 2. The second-order valence-electron chi connectivity index (χ2n) is 3.82. The summed E-state index contributed by atoms with van der Waals surface area (Å²) in [6.07, 6.45) is -0.210. The number of carbonyl (C=O) groups excluding carboxylic acids is 1. The van der Waals surface area contributed by atoms with Gasteiger partial charge in [-0.1, -0.05) is 6.92 Å². The number of aliphatic carboxylic acids is 1. The first kappa shape index (κ1) is 14.3. The van der Waals surface area contributed by atoms with E-state index in [1.165, 1.54) is 4.90 Å². The first-order chi connectivity index (χ1) is 8.56. The molecule has 0 aromatic carbocycles. The average Bonchev–Trinajstić information content (AvgIpc) is 2.37. The maximum atomic E-state index is 11.6. The molecule has 1 aliphatic heterocycles. The predicted octanol–water partition coefficient (Wildman–Crippen LogP) is 0.163. The second-order valence-corrected chi connectivity index (χ2v) is 3.82. The van der Waals surface area contributed by atoms with Crippen molar-refractivity contribution < 1.29 is 24.2 Å². The minimum Gasteiger partial charge on any atom is -0.478 e. The molecule has 102 valence electrons. The average molecular weight is 258 g/mol. The van der Waals surface area contributed by atoms with E-state index in [4.69, 9.17) is 20.3 Å². The van der Waals surface area contributed by atoms with E-state index in [0.717, 1.165) is 0 Å². The van der Waals surface area contributed by atoms with Crippen molar-refractivity contribution in [1.82, 2.24) is 4.90 Å². The van der Waals surface area contributed by atoms with Gasteiger partial charge in [0.25, 0.3) is 0 Å². The standard InChI is InChI=1S/C11H18N2O5/c1-2-8(10(14)15)9(12)7-18-11(16)13-3-5-17-6-4-13/h2-7,12H2,1H3,(H,14,15). The maximum Gasteiger partial charge on any atom is 0.410 e. The van der Waals surface area contributed by atoms with Gasteiger partial charge >= 0.3 is 12.1 Å². The van der Waals surface area contributed by atoms with Gasteiger partial charge in [0.15, 0.2) is 0 Å². The number of amides is 1. The number of carbonyl (C=O) groups is 2. The molecule has 1 amide bonds. The highest BCUT2D eigenvalue weighted by molar-refractivity contribution is 5.87. The Balaban J connectivity index is 2.48. The lowest BCUT2D eigenvalue weighted by Gasteiger charge is -2.26. The third-order valence-electron chi connectivity index (χ3n) is 2.62. The van der Waals surface area contributed by atoms with E-state index in [1.807, 2.05) is 0 Å². The zero-order chi connectivity index (χ0) is 13.5. The molecule has 1 rings (SSSR count). The van der Waals surface area contributed by atoms with Crippen LogP contribution in [0.2, 0.25) is 0 Å². The number of nitrogens with two attached hydrogens (primary N) is 1. The number of hydrogen-bond acceptors (Lipinski definition) is 5. The predicted molar refractivity (Wildman–Crippen MR) is 62.9 cm³/mol. The van der Waals surface area contributed by atoms with Gasteiger partial charge in [0.05, 0.1) is 24.5 Å². The van der Waals surface area contributed by atoms with Gasteiger partial charge in [0.2, 0.25) is 0 Å². The normalized spacial score (nSPS) is 17.1. The molecule has 0 saturated carbocycles. The van der Waals surface area contributed by atoms with E-state index < -0.39 is 12.1 Å². The largest absolute Gasteiger partial charge is 0.478 e. The summed E-state index contributed by atoms with van der Waals surface area (Å²) >= 11 is 0. The Bertz CT molecular complexity index is 347. The van der Waals surface area contributed by atoms with Gasteiger partial charge in [-0.2, -0.15) is 0 Å². The van der Waals surface area contributed by atoms with E-state index in [9.17, 15) is 9.59 Å². The molecular weight excluding hydrogens is 240 g/mol. The van der Waals surface area contributed by atoms with Gasteiger partial charge < -0.3 is 25.2 Å². The molecule has 1 heterocycles. The summed E-state index contributed by atoms with van der Waals surface area (Å²) in [4.78, 5) is 23.9. The van der Waals surface area contributed by atoms with Crippen molar-refractivity contribution in [3.63, 3.8) is 0 Å². The van der Waals surface area contributed by atoms with Crippen LogP contribution < -0.4 is 5.73 Å². The van der Waals surface area contributed by atoms with Crippen molar-refractivity contribution in [3.8, 4) is 0 Å². The molecule has 1 aliphatic rings. The third-order valence-corrected chi connectivity index (χ3v) is 2.62. The summed E-state index contributed by atoms with van der Waals surface area (Å²) in [5.74, 6) is -1.09. The summed E-state index contributed by atoms with van der Waals surface area (Å²) in [5, 5.41) is 8.85. The zero-order valence-electron chi connectivity index (χ0n) is 10.3. The molecule has 1 fully saturated rings. The van der Waals surface area contributed by atoms with Crippen LogP contribution in [0.1, 0.15) is 13.3 Å². The maximum absolute atomic E-state index is 11.6. The molecule has 7 nitrogen and oxygen atoms in total. The summed E-state index contributed by atoms with van der Waals surface area (Å²) in [5.41, 5.74) is 5.74. The molecule has 0 atom stereocenters. The van der Waals surface area contributed by atoms with Gasteiger partial charge in [-0.3, -0.25) is 0 Å². The van der Waals surface area contributed by atoms with E-state index in [-0.39, 0.29) is 24.3 Å². The van der Waals surface area contributed by atoms with Crippen molar-refractivity contribution in [1.29, 1.82) is 0 Å². The van der Waals surface area contributed by atoms with Gasteiger partial charge in [-0.15, -0.1) is 0 Å². The lowest BCUT2D eigenvalue weighted by molar-refractivity contribution is -0.132. The molecule has 0 aliphatic carbocycles. The number of morpholine rings is 1. The minimum atomic E-state index is -1.09. The highest BCUT2D eigenvalue weighted by Gasteiger charge is 2.19. The topological polar surface area (TPSA) is 102 Å². The fourth-order valence-electron chi connectivity index (χ4n) is 1.58. The van der Waals surface area contributed by atoms with E-state index in [1.54, 1.807) is 6.92 Å². The van der Waals surface area contributed by atoms with Gasteiger partial charge in [-0.25, -0.2) is 9.59 Å². The Morgan fingerprint density at radius 3 is 2.50 bits per heavy atom. The summed E-state index contributed by atoms with van der Waals surface area (Å²) in [6.45, 7) is 3.39. The quantitative estimate of drug-likeness (QED) is 0.696. The molecule has 0 radical (unpaired) electrons. The third kappa shape index (κ3) is 3.92. The Hall–Kier alpha value is -1.76. The molecule has 7 heteroatoms. The van der Waals surface area contributed by atoms with Gasteiger partial charge in [0.1, 0.15) is 6.61 Å². The molecule has 0 aromatic heterocycles. The highest BCUT2D eigenvalue weighted by Crippen LogP contribution is 2.06. The van der Waals surface area contributed by atoms with Crippen LogP contribution in [0.4, 0.5) is 4.79 Å². The lowest BCUT2D eigenvalue weighted by atomic mass is 10.1. The van der Waals surface area contributed by atoms with Crippen LogP contribution in [0, 0.1) is 0 Å². The number of nitrogens with zero attached hydrogens (tertiary/aromatic N) is 1. The highest BCUT2D eigenvalue weighted by atomic mass is 16.6. The summed E-state index contributed by atoms with van der Waals surface area (Å²) in [7, 11) is 0. The van der Waals surface area contributed by atoms with Crippen LogP contribution in [0.25, 0.3) is 0 Å². The molecule has 3 N–H and O–H groups in total. The Morgan fingerprint density at radius 2 is 2.00 bits per heavy atom. The molecule has 0 spiro atoms. The van der Waals surface area contributed by atoms with E-state index >= 15 is 0 Å². The van der Waals surface area contributed by atoms with E-state index in [2.05, 4.69) is 0 Å². The molecule has 0 bridgehead atoms. The van der Waals surface area contributed by atoms with Crippen molar-refractivity contribution >= 4 is 12.1 Å². The Kier molecular flexibility index (Phi) is 5.44. The van der Waals surface area contributed by atoms with Crippen LogP contribution in [-0.4, -0.2) is 55.0 Å². The van der Waals surface area contributed by atoms with Gasteiger partial charge in [-0.05, 0) is 6.42 Å². The lowest BCUT2D eigenvalue weighted by Crippen LogP contribution is -2.41. The van der Waals surface area contributed by atoms with Crippen LogP contribution in [0.5, 0.6) is 0 Å². The SMILES string of the molecule is CCC(C(=O)O)=C(N)COC(=O)N1CCOCC1. The summed E-state index contributed by atoms with van der Waals surface area (Å²) < 4.78 is 10.1. The van der Waals surface area contributed by atoms with Crippen molar-refractivity contribution in [2.75, 3.05) is 32.9 Å². The first-order valence-corrected chi connectivity index (χ1v) is 5.76. The van der Waals surface area contributed by atoms with Crippen LogP contribution in [0.15, 0.2) is 11.3 Å². The number of carboxylic acids is 1. The first-order valence-electron chi connectivity index (χ1n) is 5.76. The number of rotatable bonds is 4. The Labute approximate surface area is 105 Å². The fraction of sp³-hybridized carbons (Fsp3) is 0.636. The van der Waals surface area contributed by atoms with Crippen molar-refractivity contribution in [2.45, 2.75) is 13.3 Å². The summed E-state index contributed by atoms with van der Waals surface area (Å²) in [6, 6.07) is 0. The molecule has 0 aromatic rings. The molecular formula is C11H18N2O5. The van der Waals surface area contributed by atoms with E-state index in [0.29, 0.717) is 26.3 Å². The van der Waals surface area contributed by atoms with Crippen molar-refractivity contribution in [3.05, 3.63) is 11.3 Å². The monoisotopic (exact) mass is 258 g/mol. The van der Waals surface area contributed by atoms with Crippen LogP contribution in [0.3, 0.4) is 0 Å². The second kappa shape index (κ2) is 6.85. The molecule has 18 heavy (non-hydrogen) atoms. The molecule has 0 unspecified atom stereocenters. The van der Waals surface area contributed by atoms with Crippen molar-refractivity contribution in [2.24, 2.45) is 5.73 Å². The smallest absolute Gasteiger partial charge is 0.410 e. The van der Waals surface area contributed by atoms with Crippen LogP contribution >= 0.6 is 0 Å². The minimum absolute atomic E-state index is 0.0739. The fourth-order valence-corrected chi connectivity index (χ4v) is 1.58.